The third-order valence-electron chi connectivity index (χ3n) is 3.00. The molecule has 0 saturated heterocycles. The molecule has 0 saturated carbocycles. The zero-order chi connectivity index (χ0) is 13.0. The van der Waals surface area contributed by atoms with E-state index in [0.29, 0.717) is 0 Å². The summed E-state index contributed by atoms with van der Waals surface area (Å²) in [6.07, 6.45) is 0. The maximum atomic E-state index is 6.30. The molecule has 0 aliphatic carbocycles. The number of halogens is 1. The third-order valence-corrected chi connectivity index (χ3v) is 3.34. The number of hydrogen-bond acceptors (Lipinski definition) is 1. The predicted molar refractivity (Wildman–Crippen MR) is 78.2 cm³/mol. The van der Waals surface area contributed by atoms with Crippen molar-refractivity contribution in [2.75, 3.05) is 6.54 Å². The van der Waals surface area contributed by atoms with Crippen LogP contribution >= 0.6 is 11.6 Å². The first-order chi connectivity index (χ1) is 8.72. The van der Waals surface area contributed by atoms with Crippen molar-refractivity contribution < 1.29 is 0 Å². The van der Waals surface area contributed by atoms with Crippen molar-refractivity contribution in [1.29, 1.82) is 0 Å². The zero-order valence-electron chi connectivity index (χ0n) is 10.8. The van der Waals surface area contributed by atoms with E-state index in [0.717, 1.165) is 17.1 Å². The molecule has 1 N–H and O–H groups in total. The molecule has 2 heteroatoms. The predicted octanol–water partition coefficient (Wildman–Crippen LogP) is 4.35. The Balaban J connectivity index is 2.43. The highest BCUT2D eigenvalue weighted by Gasteiger charge is 2.15. The van der Waals surface area contributed by atoms with Crippen LogP contribution in [-0.4, -0.2) is 6.54 Å². The molecule has 18 heavy (non-hydrogen) atoms. The fourth-order valence-corrected chi connectivity index (χ4v) is 2.42. The van der Waals surface area contributed by atoms with Crippen LogP contribution in [0.3, 0.4) is 0 Å². The minimum atomic E-state index is 0.156. The lowest BCUT2D eigenvalue weighted by Gasteiger charge is -2.20. The molecule has 0 aromatic heterocycles. The first-order valence-corrected chi connectivity index (χ1v) is 6.64. The molecule has 1 nitrogen and oxygen atoms in total. The highest BCUT2D eigenvalue weighted by atomic mass is 35.5. The fraction of sp³-hybridized carbons (Fsp3) is 0.250. The van der Waals surface area contributed by atoms with E-state index < -0.39 is 0 Å². The molecule has 1 atom stereocenters. The SMILES string of the molecule is CCNC(c1cccc(C)c1)c1ccccc1Cl. The van der Waals surface area contributed by atoms with E-state index in [-0.39, 0.29) is 6.04 Å². The van der Waals surface area contributed by atoms with Crippen LogP contribution in [0.4, 0.5) is 0 Å². The quantitative estimate of drug-likeness (QED) is 0.861. The number of rotatable bonds is 4. The van der Waals surface area contributed by atoms with Gasteiger partial charge in [0.25, 0.3) is 0 Å². The molecule has 0 radical (unpaired) electrons. The second kappa shape index (κ2) is 6.03. The van der Waals surface area contributed by atoms with Crippen LogP contribution in [0.5, 0.6) is 0 Å². The summed E-state index contributed by atoms with van der Waals surface area (Å²) >= 11 is 6.30. The summed E-state index contributed by atoms with van der Waals surface area (Å²) in [7, 11) is 0. The maximum Gasteiger partial charge on any atom is 0.0591 e. The van der Waals surface area contributed by atoms with Crippen molar-refractivity contribution in [2.45, 2.75) is 19.9 Å². The minimum absolute atomic E-state index is 0.156. The topological polar surface area (TPSA) is 12.0 Å². The number of benzene rings is 2. The monoisotopic (exact) mass is 259 g/mol. The molecule has 94 valence electrons. The van der Waals surface area contributed by atoms with Crippen molar-refractivity contribution in [2.24, 2.45) is 0 Å². The van der Waals surface area contributed by atoms with Gasteiger partial charge < -0.3 is 5.32 Å². The Labute approximate surface area is 114 Å². The number of hydrogen-bond donors (Lipinski definition) is 1. The van der Waals surface area contributed by atoms with Crippen LogP contribution in [0, 0.1) is 6.92 Å². The Morgan fingerprint density at radius 1 is 1.11 bits per heavy atom. The summed E-state index contributed by atoms with van der Waals surface area (Å²) < 4.78 is 0. The van der Waals surface area contributed by atoms with Crippen LogP contribution in [0.2, 0.25) is 5.02 Å². The van der Waals surface area contributed by atoms with Crippen LogP contribution in [0.25, 0.3) is 0 Å². The van der Waals surface area contributed by atoms with Gasteiger partial charge in [0.05, 0.1) is 6.04 Å². The first-order valence-electron chi connectivity index (χ1n) is 6.26. The van der Waals surface area contributed by atoms with Crippen LogP contribution in [0.1, 0.15) is 29.7 Å². The highest BCUT2D eigenvalue weighted by molar-refractivity contribution is 6.31. The molecule has 0 heterocycles. The van der Waals surface area contributed by atoms with Gasteiger partial charge in [-0.2, -0.15) is 0 Å². The zero-order valence-corrected chi connectivity index (χ0v) is 11.5. The molecule has 2 rings (SSSR count). The van der Waals surface area contributed by atoms with E-state index in [9.17, 15) is 0 Å². The third kappa shape index (κ3) is 2.92. The second-order valence-electron chi connectivity index (χ2n) is 4.43. The lowest BCUT2D eigenvalue weighted by molar-refractivity contribution is 0.630. The lowest BCUT2D eigenvalue weighted by atomic mass is 9.97. The van der Waals surface area contributed by atoms with Gasteiger partial charge in [-0.25, -0.2) is 0 Å². The lowest BCUT2D eigenvalue weighted by Crippen LogP contribution is -2.22. The van der Waals surface area contributed by atoms with E-state index in [1.165, 1.54) is 11.1 Å². The fourth-order valence-electron chi connectivity index (χ4n) is 2.17. The molecule has 0 aliphatic rings. The molecule has 0 bridgehead atoms. The first kappa shape index (κ1) is 13.1. The Morgan fingerprint density at radius 3 is 2.56 bits per heavy atom. The van der Waals surface area contributed by atoms with Gasteiger partial charge in [-0.1, -0.05) is 66.6 Å². The van der Waals surface area contributed by atoms with Gasteiger partial charge in [0, 0.05) is 5.02 Å². The molecule has 0 aliphatic heterocycles. The molecule has 2 aromatic carbocycles. The van der Waals surface area contributed by atoms with E-state index in [1.807, 2.05) is 18.2 Å². The molecule has 0 fully saturated rings. The van der Waals surface area contributed by atoms with E-state index in [1.54, 1.807) is 0 Å². The smallest absolute Gasteiger partial charge is 0.0591 e. The van der Waals surface area contributed by atoms with Gasteiger partial charge in [-0.05, 0) is 30.7 Å². The average molecular weight is 260 g/mol. The van der Waals surface area contributed by atoms with E-state index in [2.05, 4.69) is 49.5 Å². The van der Waals surface area contributed by atoms with Crippen LogP contribution < -0.4 is 5.32 Å². The summed E-state index contributed by atoms with van der Waals surface area (Å²) in [5.74, 6) is 0. The van der Waals surface area contributed by atoms with E-state index >= 15 is 0 Å². The second-order valence-corrected chi connectivity index (χ2v) is 4.83. The Kier molecular flexibility index (Phi) is 4.40. The summed E-state index contributed by atoms with van der Waals surface area (Å²) in [6, 6.07) is 16.7. The van der Waals surface area contributed by atoms with Crippen molar-refractivity contribution in [1.82, 2.24) is 5.32 Å². The molecule has 2 aromatic rings. The van der Waals surface area contributed by atoms with Gasteiger partial charge in [-0.3, -0.25) is 0 Å². The molecule has 0 spiro atoms. The molecular formula is C16H18ClN. The summed E-state index contributed by atoms with van der Waals surface area (Å²) in [4.78, 5) is 0. The Hall–Kier alpha value is -1.31. The summed E-state index contributed by atoms with van der Waals surface area (Å²) in [6.45, 7) is 5.13. The van der Waals surface area contributed by atoms with Gasteiger partial charge >= 0.3 is 0 Å². The van der Waals surface area contributed by atoms with Gasteiger partial charge in [0.15, 0.2) is 0 Å². The Morgan fingerprint density at radius 2 is 1.89 bits per heavy atom. The van der Waals surface area contributed by atoms with Crippen LogP contribution in [-0.2, 0) is 0 Å². The van der Waals surface area contributed by atoms with Gasteiger partial charge in [-0.15, -0.1) is 0 Å². The minimum Gasteiger partial charge on any atom is -0.306 e. The molecule has 1 unspecified atom stereocenters. The number of nitrogens with one attached hydrogen (secondary N) is 1. The van der Waals surface area contributed by atoms with Crippen molar-refractivity contribution >= 4 is 11.6 Å². The molecular weight excluding hydrogens is 242 g/mol. The normalized spacial score (nSPS) is 12.4. The molecule has 0 amide bonds. The standard InChI is InChI=1S/C16H18ClN/c1-3-18-16(13-8-6-7-12(2)11-13)14-9-4-5-10-15(14)17/h4-11,16,18H,3H2,1-2H3. The van der Waals surface area contributed by atoms with Crippen molar-refractivity contribution in [3.63, 3.8) is 0 Å². The van der Waals surface area contributed by atoms with Gasteiger partial charge in [0.2, 0.25) is 0 Å². The average Bonchev–Trinajstić information content (AvgIpc) is 2.37. The Bertz CT molecular complexity index is 522. The maximum absolute atomic E-state index is 6.30. The highest BCUT2D eigenvalue weighted by Crippen LogP contribution is 2.28. The number of aryl methyl sites for hydroxylation is 1. The summed E-state index contributed by atoms with van der Waals surface area (Å²) in [5, 5.41) is 4.31. The van der Waals surface area contributed by atoms with Crippen LogP contribution in [0.15, 0.2) is 48.5 Å². The van der Waals surface area contributed by atoms with Crippen molar-refractivity contribution in [3.8, 4) is 0 Å². The summed E-state index contributed by atoms with van der Waals surface area (Å²) in [5.41, 5.74) is 3.65. The van der Waals surface area contributed by atoms with E-state index in [4.69, 9.17) is 11.6 Å². The van der Waals surface area contributed by atoms with Crippen molar-refractivity contribution in [3.05, 3.63) is 70.2 Å². The van der Waals surface area contributed by atoms with Gasteiger partial charge in [0.1, 0.15) is 0 Å². The largest absolute Gasteiger partial charge is 0.306 e.